The van der Waals surface area contributed by atoms with Gasteiger partial charge in [-0.15, -0.1) is 5.10 Å². The Morgan fingerprint density at radius 3 is 2.55 bits per heavy atom. The number of piperazine rings is 1. The zero-order valence-corrected chi connectivity index (χ0v) is 12.6. The molecule has 7 nitrogen and oxygen atoms in total. The van der Waals surface area contributed by atoms with E-state index in [4.69, 9.17) is 0 Å². The van der Waals surface area contributed by atoms with E-state index in [1.165, 1.54) is 5.69 Å². The molecule has 2 aromatic rings. The molecule has 0 spiro atoms. The van der Waals surface area contributed by atoms with Crippen molar-refractivity contribution in [3.63, 3.8) is 0 Å². The number of aryl methyl sites for hydroxylation is 1. The highest BCUT2D eigenvalue weighted by molar-refractivity contribution is 5.87. The summed E-state index contributed by atoms with van der Waals surface area (Å²) in [6, 6.07) is 10.1. The van der Waals surface area contributed by atoms with Gasteiger partial charge in [-0.05, 0) is 19.1 Å². The van der Waals surface area contributed by atoms with Crippen LogP contribution in [0.25, 0.3) is 0 Å². The summed E-state index contributed by atoms with van der Waals surface area (Å²) in [5.41, 5.74) is 1.20. The molecule has 0 radical (unpaired) electrons. The summed E-state index contributed by atoms with van der Waals surface area (Å²) in [4.78, 5) is 20.4. The molecule has 1 aliphatic heterocycles. The lowest BCUT2D eigenvalue weighted by Gasteiger charge is -2.35. The lowest BCUT2D eigenvalue weighted by Crippen LogP contribution is -2.50. The predicted octanol–water partition coefficient (Wildman–Crippen LogP) is 1.65. The van der Waals surface area contributed by atoms with Gasteiger partial charge in [0.25, 0.3) is 0 Å². The first-order valence-electron chi connectivity index (χ1n) is 7.51. The van der Waals surface area contributed by atoms with E-state index < -0.39 is 0 Å². The van der Waals surface area contributed by atoms with Gasteiger partial charge in [-0.2, -0.15) is 0 Å². The van der Waals surface area contributed by atoms with Crippen LogP contribution >= 0.6 is 0 Å². The van der Waals surface area contributed by atoms with E-state index in [-0.39, 0.29) is 6.03 Å². The van der Waals surface area contributed by atoms with Crippen LogP contribution in [0.2, 0.25) is 0 Å². The fraction of sp³-hybridized carbons (Fsp3) is 0.400. The van der Waals surface area contributed by atoms with E-state index in [9.17, 15) is 4.79 Å². The van der Waals surface area contributed by atoms with Gasteiger partial charge in [-0.1, -0.05) is 18.2 Å². The van der Waals surface area contributed by atoms with E-state index in [1.54, 1.807) is 15.9 Å². The van der Waals surface area contributed by atoms with E-state index in [0.29, 0.717) is 19.0 Å². The molecule has 1 aromatic heterocycles. The van der Waals surface area contributed by atoms with Gasteiger partial charge in [0.15, 0.2) is 0 Å². The largest absolute Gasteiger partial charge is 0.368 e. The van der Waals surface area contributed by atoms with Crippen LogP contribution in [-0.2, 0) is 6.54 Å². The second-order valence-corrected chi connectivity index (χ2v) is 5.16. The first-order valence-corrected chi connectivity index (χ1v) is 7.51. The highest BCUT2D eigenvalue weighted by atomic mass is 16.2. The number of para-hydroxylation sites is 1. The number of hydrogen-bond acceptors (Lipinski definition) is 4. The molecule has 1 N–H and O–H groups in total. The van der Waals surface area contributed by atoms with Crippen LogP contribution in [0.4, 0.5) is 16.4 Å². The maximum atomic E-state index is 12.2. The fourth-order valence-electron chi connectivity index (χ4n) is 2.49. The Labute approximate surface area is 129 Å². The molecule has 0 aliphatic carbocycles. The van der Waals surface area contributed by atoms with Gasteiger partial charge >= 0.3 is 6.03 Å². The third kappa shape index (κ3) is 3.19. The predicted molar refractivity (Wildman–Crippen MR) is 84.9 cm³/mol. The van der Waals surface area contributed by atoms with Gasteiger partial charge in [0.1, 0.15) is 6.33 Å². The third-order valence-corrected chi connectivity index (χ3v) is 3.77. The quantitative estimate of drug-likeness (QED) is 0.936. The summed E-state index contributed by atoms with van der Waals surface area (Å²) in [6.45, 7) is 5.74. The minimum atomic E-state index is -0.137. The SMILES string of the molecule is CCn1cnc(NC(=O)N2CCN(c3ccccc3)CC2)n1. The molecular formula is C15H20N6O. The van der Waals surface area contributed by atoms with E-state index >= 15 is 0 Å². The Kier molecular flexibility index (Phi) is 4.22. The molecule has 7 heteroatoms. The molecule has 0 saturated carbocycles. The summed E-state index contributed by atoms with van der Waals surface area (Å²) in [5, 5.41) is 6.91. The van der Waals surface area contributed by atoms with E-state index in [2.05, 4.69) is 32.4 Å². The first kappa shape index (κ1) is 14.4. The number of urea groups is 1. The number of nitrogens with one attached hydrogen (secondary N) is 1. The molecular weight excluding hydrogens is 280 g/mol. The van der Waals surface area contributed by atoms with Gasteiger partial charge in [0.05, 0.1) is 0 Å². The Morgan fingerprint density at radius 1 is 1.18 bits per heavy atom. The van der Waals surface area contributed by atoms with Gasteiger partial charge in [-0.25, -0.2) is 9.78 Å². The second-order valence-electron chi connectivity index (χ2n) is 5.16. The smallest absolute Gasteiger partial charge is 0.324 e. The minimum Gasteiger partial charge on any atom is -0.368 e. The number of carbonyl (C=O) groups is 1. The number of amides is 2. The molecule has 3 rings (SSSR count). The van der Waals surface area contributed by atoms with Crippen LogP contribution in [0.1, 0.15) is 6.92 Å². The molecule has 1 fully saturated rings. The molecule has 116 valence electrons. The van der Waals surface area contributed by atoms with Crippen LogP contribution < -0.4 is 10.2 Å². The number of anilines is 2. The minimum absolute atomic E-state index is 0.137. The molecule has 0 atom stereocenters. The van der Waals surface area contributed by atoms with Crippen molar-refractivity contribution in [3.05, 3.63) is 36.7 Å². The van der Waals surface area contributed by atoms with Crippen LogP contribution in [0.15, 0.2) is 36.7 Å². The highest BCUT2D eigenvalue weighted by Crippen LogP contribution is 2.15. The van der Waals surface area contributed by atoms with Crippen molar-refractivity contribution in [1.29, 1.82) is 0 Å². The Balaban J connectivity index is 1.53. The van der Waals surface area contributed by atoms with Crippen molar-refractivity contribution >= 4 is 17.7 Å². The van der Waals surface area contributed by atoms with Crippen LogP contribution in [0.5, 0.6) is 0 Å². The molecule has 1 aliphatic rings. The molecule has 22 heavy (non-hydrogen) atoms. The number of aromatic nitrogens is 3. The summed E-state index contributed by atoms with van der Waals surface area (Å²) in [5.74, 6) is 0.359. The van der Waals surface area contributed by atoms with Crippen LogP contribution in [0.3, 0.4) is 0 Å². The van der Waals surface area contributed by atoms with Gasteiger partial charge in [-0.3, -0.25) is 10.00 Å². The molecule has 2 amide bonds. The molecule has 0 bridgehead atoms. The molecule has 1 aromatic carbocycles. The van der Waals surface area contributed by atoms with Crippen molar-refractivity contribution in [3.8, 4) is 0 Å². The zero-order valence-electron chi connectivity index (χ0n) is 12.6. The Morgan fingerprint density at radius 2 is 1.91 bits per heavy atom. The zero-order chi connectivity index (χ0) is 15.4. The van der Waals surface area contributed by atoms with Gasteiger partial charge < -0.3 is 9.80 Å². The summed E-state index contributed by atoms with van der Waals surface area (Å²) in [6.07, 6.45) is 1.61. The number of nitrogens with zero attached hydrogens (tertiary/aromatic N) is 5. The molecule has 2 heterocycles. The fourth-order valence-corrected chi connectivity index (χ4v) is 2.49. The standard InChI is InChI=1S/C15H20N6O/c1-2-21-12-16-14(18-21)17-15(22)20-10-8-19(9-11-20)13-6-4-3-5-7-13/h3-7,12H,2,8-11H2,1H3,(H,17,18,22). The number of hydrogen-bond donors (Lipinski definition) is 1. The van der Waals surface area contributed by atoms with Crippen molar-refractivity contribution in [2.24, 2.45) is 0 Å². The maximum Gasteiger partial charge on any atom is 0.324 e. The summed E-state index contributed by atoms with van der Waals surface area (Å²) < 4.78 is 1.68. The lowest BCUT2D eigenvalue weighted by atomic mass is 10.2. The van der Waals surface area contributed by atoms with E-state index in [1.807, 2.05) is 25.1 Å². The lowest BCUT2D eigenvalue weighted by molar-refractivity contribution is 0.208. The van der Waals surface area contributed by atoms with Crippen LogP contribution in [-0.4, -0.2) is 51.9 Å². The summed E-state index contributed by atoms with van der Waals surface area (Å²) >= 11 is 0. The summed E-state index contributed by atoms with van der Waals surface area (Å²) in [7, 11) is 0. The van der Waals surface area contributed by atoms with E-state index in [0.717, 1.165) is 19.6 Å². The second kappa shape index (κ2) is 6.46. The monoisotopic (exact) mass is 300 g/mol. The molecule has 0 unspecified atom stereocenters. The highest BCUT2D eigenvalue weighted by Gasteiger charge is 2.21. The van der Waals surface area contributed by atoms with Crippen molar-refractivity contribution < 1.29 is 4.79 Å². The normalized spacial score (nSPS) is 15.0. The van der Waals surface area contributed by atoms with Gasteiger partial charge in [0, 0.05) is 38.4 Å². The topological polar surface area (TPSA) is 66.3 Å². The molecule has 1 saturated heterocycles. The maximum absolute atomic E-state index is 12.2. The third-order valence-electron chi connectivity index (χ3n) is 3.77. The van der Waals surface area contributed by atoms with Crippen molar-refractivity contribution in [2.45, 2.75) is 13.5 Å². The average Bonchev–Trinajstić information content (AvgIpc) is 3.03. The van der Waals surface area contributed by atoms with Crippen molar-refractivity contribution in [2.75, 3.05) is 36.4 Å². The number of benzene rings is 1. The van der Waals surface area contributed by atoms with Crippen LogP contribution in [0, 0.1) is 0 Å². The number of rotatable bonds is 3. The Hall–Kier alpha value is -2.57. The van der Waals surface area contributed by atoms with Crippen molar-refractivity contribution in [1.82, 2.24) is 19.7 Å². The average molecular weight is 300 g/mol. The first-order chi connectivity index (χ1) is 10.8. The Bertz CT molecular complexity index is 618. The number of carbonyl (C=O) groups excluding carboxylic acids is 1. The van der Waals surface area contributed by atoms with Gasteiger partial charge in [0.2, 0.25) is 5.95 Å².